The normalized spacial score (nSPS) is 21.7. The van der Waals surface area contributed by atoms with E-state index in [1.54, 1.807) is 17.0 Å². The highest BCUT2D eigenvalue weighted by atomic mass is 16.5. The number of carbonyl (C=O) groups is 3. The summed E-state index contributed by atoms with van der Waals surface area (Å²) in [5, 5.41) is 2.62. The Hall–Kier alpha value is -2.35. The summed E-state index contributed by atoms with van der Waals surface area (Å²) in [5.74, 6) is 0.208. The third-order valence-corrected chi connectivity index (χ3v) is 4.01. The molecule has 1 aromatic heterocycles. The standard InChI is InChI=1S/C15H19N3O5/c19-13(17-5-8-22-9-6-17)4-3-12-14(20)18(15(21)16-12)10-11-2-1-7-23-11/h1-2,7,12H,3-6,8-10H2,(H,16,21)/t12-/m1/s1. The molecule has 2 saturated heterocycles. The first-order valence-corrected chi connectivity index (χ1v) is 7.65. The zero-order valence-corrected chi connectivity index (χ0v) is 12.7. The van der Waals surface area contributed by atoms with Crippen LogP contribution in [0.15, 0.2) is 22.8 Å². The van der Waals surface area contributed by atoms with Crippen LogP contribution in [0.25, 0.3) is 0 Å². The van der Waals surface area contributed by atoms with Crippen LogP contribution in [0.1, 0.15) is 18.6 Å². The first kappa shape index (κ1) is 15.5. The van der Waals surface area contributed by atoms with Crippen molar-refractivity contribution in [3.05, 3.63) is 24.2 Å². The van der Waals surface area contributed by atoms with Gasteiger partial charge >= 0.3 is 6.03 Å². The maximum Gasteiger partial charge on any atom is 0.325 e. The second-order valence-electron chi connectivity index (χ2n) is 5.54. The third-order valence-electron chi connectivity index (χ3n) is 4.01. The van der Waals surface area contributed by atoms with Crippen molar-refractivity contribution in [2.75, 3.05) is 26.3 Å². The van der Waals surface area contributed by atoms with Gasteiger partial charge in [0.1, 0.15) is 11.8 Å². The molecule has 2 aliphatic heterocycles. The second-order valence-corrected chi connectivity index (χ2v) is 5.54. The molecule has 2 aliphatic rings. The first-order valence-electron chi connectivity index (χ1n) is 7.65. The smallest absolute Gasteiger partial charge is 0.325 e. The van der Waals surface area contributed by atoms with Crippen molar-refractivity contribution in [2.45, 2.75) is 25.4 Å². The van der Waals surface area contributed by atoms with E-state index in [0.29, 0.717) is 38.5 Å². The van der Waals surface area contributed by atoms with Gasteiger partial charge in [-0.1, -0.05) is 0 Å². The number of hydrogen-bond acceptors (Lipinski definition) is 5. The van der Waals surface area contributed by atoms with Crippen LogP contribution in [0.3, 0.4) is 0 Å². The number of morpholine rings is 1. The Bertz CT molecular complexity index is 580. The van der Waals surface area contributed by atoms with Gasteiger partial charge in [0.2, 0.25) is 5.91 Å². The van der Waals surface area contributed by atoms with Gasteiger partial charge in [0.05, 0.1) is 26.0 Å². The van der Waals surface area contributed by atoms with Crippen LogP contribution in [-0.2, 0) is 20.9 Å². The largest absolute Gasteiger partial charge is 0.467 e. The maximum absolute atomic E-state index is 12.3. The van der Waals surface area contributed by atoms with E-state index in [9.17, 15) is 14.4 Å². The molecule has 0 spiro atoms. The summed E-state index contributed by atoms with van der Waals surface area (Å²) in [7, 11) is 0. The van der Waals surface area contributed by atoms with Gasteiger partial charge < -0.3 is 19.4 Å². The van der Waals surface area contributed by atoms with Gasteiger partial charge in [0.15, 0.2) is 0 Å². The molecule has 4 amide bonds. The number of carbonyl (C=O) groups excluding carboxylic acids is 3. The van der Waals surface area contributed by atoms with Crippen LogP contribution in [0.2, 0.25) is 0 Å². The minimum absolute atomic E-state index is 0.0140. The van der Waals surface area contributed by atoms with E-state index in [-0.39, 0.29) is 24.8 Å². The van der Waals surface area contributed by atoms with E-state index in [1.165, 1.54) is 6.26 Å². The number of urea groups is 1. The van der Waals surface area contributed by atoms with Crippen LogP contribution >= 0.6 is 0 Å². The van der Waals surface area contributed by atoms with Crippen LogP contribution < -0.4 is 5.32 Å². The fraction of sp³-hybridized carbons (Fsp3) is 0.533. The molecule has 3 rings (SSSR count). The molecule has 0 radical (unpaired) electrons. The molecule has 1 N–H and O–H groups in total. The molecule has 0 aliphatic carbocycles. The fourth-order valence-electron chi connectivity index (χ4n) is 2.72. The minimum Gasteiger partial charge on any atom is -0.467 e. The van der Waals surface area contributed by atoms with Crippen molar-refractivity contribution in [1.29, 1.82) is 0 Å². The van der Waals surface area contributed by atoms with Gasteiger partial charge in [0, 0.05) is 19.5 Å². The van der Waals surface area contributed by atoms with E-state index in [1.807, 2.05) is 0 Å². The van der Waals surface area contributed by atoms with Crippen LogP contribution in [-0.4, -0.2) is 60.0 Å². The molecule has 1 atom stereocenters. The molecule has 1 aromatic rings. The Morgan fingerprint density at radius 2 is 2.09 bits per heavy atom. The van der Waals surface area contributed by atoms with E-state index < -0.39 is 12.1 Å². The van der Waals surface area contributed by atoms with Crippen molar-refractivity contribution >= 4 is 17.8 Å². The average molecular weight is 321 g/mol. The third kappa shape index (κ3) is 3.53. The summed E-state index contributed by atoms with van der Waals surface area (Å²) in [6, 6.07) is 2.31. The highest BCUT2D eigenvalue weighted by Gasteiger charge is 2.38. The van der Waals surface area contributed by atoms with Crippen molar-refractivity contribution in [1.82, 2.24) is 15.1 Å². The summed E-state index contributed by atoms with van der Waals surface area (Å²) < 4.78 is 10.4. The summed E-state index contributed by atoms with van der Waals surface area (Å²) in [5.41, 5.74) is 0. The lowest BCUT2D eigenvalue weighted by Gasteiger charge is -2.27. The predicted octanol–water partition coefficient (Wildman–Crippen LogP) is 0.339. The lowest BCUT2D eigenvalue weighted by atomic mass is 10.1. The van der Waals surface area contributed by atoms with Crippen molar-refractivity contribution in [3.8, 4) is 0 Å². The zero-order valence-electron chi connectivity index (χ0n) is 12.7. The highest BCUT2D eigenvalue weighted by molar-refractivity contribution is 6.04. The Kier molecular flexibility index (Phi) is 4.61. The van der Waals surface area contributed by atoms with E-state index >= 15 is 0 Å². The monoisotopic (exact) mass is 321 g/mol. The van der Waals surface area contributed by atoms with Crippen LogP contribution in [0.4, 0.5) is 4.79 Å². The van der Waals surface area contributed by atoms with Gasteiger partial charge in [-0.05, 0) is 18.6 Å². The lowest BCUT2D eigenvalue weighted by Crippen LogP contribution is -2.41. The molecule has 0 aromatic carbocycles. The van der Waals surface area contributed by atoms with Crippen LogP contribution in [0, 0.1) is 0 Å². The fourth-order valence-corrected chi connectivity index (χ4v) is 2.72. The average Bonchev–Trinajstić information content (AvgIpc) is 3.17. The zero-order chi connectivity index (χ0) is 16.2. The molecule has 3 heterocycles. The van der Waals surface area contributed by atoms with Gasteiger partial charge in [-0.25, -0.2) is 4.79 Å². The topological polar surface area (TPSA) is 92.1 Å². The summed E-state index contributed by atoms with van der Waals surface area (Å²) >= 11 is 0. The lowest BCUT2D eigenvalue weighted by molar-refractivity contribution is -0.135. The SMILES string of the molecule is O=C(CC[C@H]1NC(=O)N(Cc2ccco2)C1=O)N1CCOCC1. The molecule has 8 heteroatoms. The minimum atomic E-state index is -0.651. The van der Waals surface area contributed by atoms with Gasteiger partial charge in [-0.2, -0.15) is 0 Å². The molecular weight excluding hydrogens is 302 g/mol. The number of furan rings is 1. The summed E-state index contributed by atoms with van der Waals surface area (Å²) in [6.45, 7) is 2.35. The van der Waals surface area contributed by atoms with Crippen LogP contribution in [0.5, 0.6) is 0 Å². The Morgan fingerprint density at radius 3 is 2.78 bits per heavy atom. The van der Waals surface area contributed by atoms with Gasteiger partial charge in [-0.15, -0.1) is 0 Å². The van der Waals surface area contributed by atoms with Gasteiger partial charge in [-0.3, -0.25) is 14.5 Å². The van der Waals surface area contributed by atoms with Crippen molar-refractivity contribution < 1.29 is 23.5 Å². The molecule has 0 bridgehead atoms. The molecule has 8 nitrogen and oxygen atoms in total. The maximum atomic E-state index is 12.3. The quantitative estimate of drug-likeness (QED) is 0.790. The first-order chi connectivity index (χ1) is 11.1. The number of hydrogen-bond donors (Lipinski definition) is 1. The number of nitrogens with one attached hydrogen (secondary N) is 1. The van der Waals surface area contributed by atoms with Gasteiger partial charge in [0.25, 0.3) is 5.91 Å². The van der Waals surface area contributed by atoms with E-state index in [4.69, 9.17) is 9.15 Å². The number of imide groups is 1. The van der Waals surface area contributed by atoms with E-state index in [0.717, 1.165) is 4.90 Å². The summed E-state index contributed by atoms with van der Waals surface area (Å²) in [6.07, 6.45) is 2.02. The number of rotatable bonds is 5. The molecule has 2 fully saturated rings. The molecule has 0 unspecified atom stereocenters. The number of nitrogens with zero attached hydrogens (tertiary/aromatic N) is 2. The summed E-state index contributed by atoms with van der Waals surface area (Å²) in [4.78, 5) is 39.1. The Balaban J connectivity index is 1.51. The number of amides is 4. The Morgan fingerprint density at radius 1 is 1.30 bits per heavy atom. The molecule has 124 valence electrons. The van der Waals surface area contributed by atoms with E-state index in [2.05, 4.69) is 5.32 Å². The second kappa shape index (κ2) is 6.82. The Labute approximate surface area is 133 Å². The molecular formula is C15H19N3O5. The van der Waals surface area contributed by atoms with Crippen molar-refractivity contribution in [2.24, 2.45) is 0 Å². The van der Waals surface area contributed by atoms with Crippen molar-refractivity contribution in [3.63, 3.8) is 0 Å². The molecule has 0 saturated carbocycles. The highest BCUT2D eigenvalue weighted by Crippen LogP contribution is 2.16. The number of ether oxygens (including phenoxy) is 1. The predicted molar refractivity (Wildman–Crippen MR) is 78.2 cm³/mol. The molecule has 23 heavy (non-hydrogen) atoms.